The third kappa shape index (κ3) is 67.1. The summed E-state index contributed by atoms with van der Waals surface area (Å²) in [7, 11) is 0. The molecule has 0 aliphatic rings. The molecule has 0 atom stereocenters. The molecule has 0 nitrogen and oxygen atoms in total. The van der Waals surface area contributed by atoms with Crippen LogP contribution in [0, 0.1) is 0 Å². The van der Waals surface area contributed by atoms with Crippen molar-refractivity contribution in [2.24, 2.45) is 0 Å². The van der Waals surface area contributed by atoms with Gasteiger partial charge < -0.3 is 0 Å². The van der Waals surface area contributed by atoms with Crippen LogP contribution < -0.4 is 0 Å². The SMILES string of the molecule is Cl.Cl.S=C=S.[S]. The van der Waals surface area contributed by atoms with Crippen LogP contribution in [0.4, 0.5) is 0 Å². The monoisotopic (exact) mass is 180 g/mol. The Morgan fingerprint density at radius 2 is 1.00 bits per heavy atom. The Bertz CT molecular complexity index is 29.8. The molecule has 0 amide bonds. The molecule has 0 aliphatic carbocycles. The molecule has 0 spiro atoms. The minimum Gasteiger partial charge on any atom is -0.147 e. The van der Waals surface area contributed by atoms with Crippen molar-refractivity contribution in [3.63, 3.8) is 0 Å². The van der Waals surface area contributed by atoms with Gasteiger partial charge in [-0.15, -0.1) is 24.8 Å². The van der Waals surface area contributed by atoms with Crippen molar-refractivity contribution in [1.82, 2.24) is 0 Å². The molecule has 0 rings (SSSR count). The first-order chi connectivity index (χ1) is 1.41. The van der Waals surface area contributed by atoms with E-state index in [1.54, 1.807) is 0 Å². The number of halogens is 2. The van der Waals surface area contributed by atoms with Gasteiger partial charge >= 0.3 is 0 Å². The van der Waals surface area contributed by atoms with E-state index in [0.717, 1.165) is 0 Å². The van der Waals surface area contributed by atoms with E-state index in [-0.39, 0.29) is 38.3 Å². The summed E-state index contributed by atoms with van der Waals surface area (Å²) < 4.78 is 1.92. The normalized spacial score (nSPS) is 1.33. The number of rotatable bonds is 0. The average Bonchev–Trinajstić information content (AvgIpc) is 0.918. The van der Waals surface area contributed by atoms with Crippen LogP contribution in [0.3, 0.4) is 0 Å². The Morgan fingerprint density at radius 1 is 1.00 bits per heavy atom. The van der Waals surface area contributed by atoms with Crippen molar-refractivity contribution in [3.05, 3.63) is 0 Å². The lowest BCUT2D eigenvalue weighted by Crippen LogP contribution is -0.917. The fourth-order valence-electron chi connectivity index (χ4n) is 0. The third-order valence-electron chi connectivity index (χ3n) is 0. The lowest BCUT2D eigenvalue weighted by molar-refractivity contribution is 4.67. The second-order valence-electron chi connectivity index (χ2n) is 0.0833. The highest BCUT2D eigenvalue weighted by Crippen LogP contribution is 1.29. The van der Waals surface area contributed by atoms with Crippen molar-refractivity contribution in [2.75, 3.05) is 0 Å². The van der Waals surface area contributed by atoms with E-state index in [2.05, 4.69) is 24.4 Å². The first-order valence-electron chi connectivity index (χ1n) is 0.408. The summed E-state index contributed by atoms with van der Waals surface area (Å²) in [6, 6.07) is 0. The van der Waals surface area contributed by atoms with Gasteiger partial charge in [0.15, 0.2) is 0 Å². The highest BCUT2D eigenvalue weighted by atomic mass is 35.5. The Balaban J connectivity index is -0.00000000667. The van der Waals surface area contributed by atoms with Crippen LogP contribution in [0.2, 0.25) is 0 Å². The molecule has 0 unspecified atom stereocenters. The topological polar surface area (TPSA) is 0 Å². The molecular weight excluding hydrogens is 179 g/mol. The van der Waals surface area contributed by atoms with Crippen LogP contribution in [-0.2, 0) is 0 Å². The van der Waals surface area contributed by atoms with Crippen LogP contribution in [0.1, 0.15) is 0 Å². The number of hydrogen-bond donors (Lipinski definition) is 0. The van der Waals surface area contributed by atoms with E-state index in [9.17, 15) is 0 Å². The molecule has 6 heavy (non-hydrogen) atoms. The summed E-state index contributed by atoms with van der Waals surface area (Å²) in [4.78, 5) is 0. The van der Waals surface area contributed by atoms with Crippen LogP contribution >= 0.6 is 62.7 Å². The predicted molar refractivity (Wildman–Crippen MR) is 42.3 cm³/mol. The largest absolute Gasteiger partial charge is 0.147 e. The summed E-state index contributed by atoms with van der Waals surface area (Å²) >= 11 is 7.92. The Labute approximate surface area is 67.0 Å². The van der Waals surface area contributed by atoms with E-state index in [0.29, 0.717) is 0 Å². The van der Waals surface area contributed by atoms with Gasteiger partial charge in [0.2, 0.25) is 0 Å². The van der Waals surface area contributed by atoms with Crippen LogP contribution in [-0.4, -0.2) is 4.31 Å². The molecular formula is CH2Cl2S3. The minimum absolute atomic E-state index is 0. The second kappa shape index (κ2) is 35.3. The molecule has 2 radical (unpaired) electrons. The van der Waals surface area contributed by atoms with Gasteiger partial charge in [-0.05, 0) is 24.4 Å². The van der Waals surface area contributed by atoms with Gasteiger partial charge in [0, 0.05) is 17.8 Å². The van der Waals surface area contributed by atoms with E-state index in [4.69, 9.17) is 0 Å². The molecule has 0 N–H and O–H groups in total. The lowest BCUT2D eigenvalue weighted by atomic mass is 12.0. The minimum atomic E-state index is 0. The highest BCUT2D eigenvalue weighted by Gasteiger charge is 1.01. The average molecular weight is 181 g/mol. The zero-order valence-corrected chi connectivity index (χ0v) is 6.62. The maximum absolute atomic E-state index is 3.96. The van der Waals surface area contributed by atoms with Crippen molar-refractivity contribution in [2.45, 2.75) is 0 Å². The van der Waals surface area contributed by atoms with E-state index < -0.39 is 0 Å². The lowest BCUT2D eigenvalue weighted by Gasteiger charge is -0.992. The van der Waals surface area contributed by atoms with Crippen molar-refractivity contribution >= 4 is 67.1 Å². The van der Waals surface area contributed by atoms with E-state index in [1.807, 2.05) is 4.31 Å². The summed E-state index contributed by atoms with van der Waals surface area (Å²) in [5.41, 5.74) is 0. The van der Waals surface area contributed by atoms with Crippen molar-refractivity contribution in [3.8, 4) is 0 Å². The zero-order valence-electron chi connectivity index (χ0n) is 2.54. The van der Waals surface area contributed by atoms with Gasteiger partial charge in [0.25, 0.3) is 0 Å². The van der Waals surface area contributed by atoms with E-state index in [1.165, 1.54) is 0 Å². The molecule has 0 heterocycles. The summed E-state index contributed by atoms with van der Waals surface area (Å²) in [6.07, 6.45) is 0. The summed E-state index contributed by atoms with van der Waals surface area (Å²) in [6.45, 7) is 0. The summed E-state index contributed by atoms with van der Waals surface area (Å²) in [5.74, 6) is 0. The quantitative estimate of drug-likeness (QED) is 0.526. The van der Waals surface area contributed by atoms with Crippen LogP contribution in [0.5, 0.6) is 0 Å². The first kappa shape index (κ1) is 27.3. The van der Waals surface area contributed by atoms with Gasteiger partial charge in [0.05, 0.1) is 0 Å². The molecule has 5 heteroatoms. The Kier molecular flexibility index (Phi) is 160. The third-order valence-corrected chi connectivity index (χ3v) is 0. The maximum Gasteiger partial charge on any atom is 0.0297 e. The van der Waals surface area contributed by atoms with Gasteiger partial charge in [-0.2, -0.15) is 0 Å². The maximum atomic E-state index is 3.96. The van der Waals surface area contributed by atoms with Gasteiger partial charge in [0.1, 0.15) is 0 Å². The van der Waals surface area contributed by atoms with E-state index >= 15 is 0 Å². The van der Waals surface area contributed by atoms with Gasteiger partial charge in [-0.3, -0.25) is 0 Å². The molecule has 0 aromatic rings. The molecule has 0 bridgehead atoms. The fraction of sp³-hybridized carbons (Fsp3) is 0. The molecule has 0 aromatic heterocycles. The molecule has 0 aliphatic heterocycles. The van der Waals surface area contributed by atoms with Gasteiger partial charge in [-0.25, -0.2) is 0 Å². The Hall–Kier alpha value is 1.15. The molecule has 0 fully saturated rings. The van der Waals surface area contributed by atoms with Gasteiger partial charge in [-0.1, -0.05) is 0 Å². The standard InChI is InChI=1S/CS2.2ClH.S/c2-1-3;;;/h;2*1H;. The fourth-order valence-corrected chi connectivity index (χ4v) is 0. The van der Waals surface area contributed by atoms with Crippen LogP contribution in [0.15, 0.2) is 0 Å². The van der Waals surface area contributed by atoms with Crippen molar-refractivity contribution in [1.29, 1.82) is 0 Å². The summed E-state index contributed by atoms with van der Waals surface area (Å²) in [5, 5.41) is 0. The molecule has 0 saturated carbocycles. The molecule has 0 aromatic carbocycles. The molecule has 38 valence electrons. The number of thiocarbonyl (C=S) groups is 2. The predicted octanol–water partition coefficient (Wildman–Crippen LogP) is 2.51. The van der Waals surface area contributed by atoms with Crippen LogP contribution in [0.25, 0.3) is 0 Å². The smallest absolute Gasteiger partial charge is 0.0297 e. The molecule has 0 saturated heterocycles. The second-order valence-corrected chi connectivity index (χ2v) is 0.750. The van der Waals surface area contributed by atoms with Crippen molar-refractivity contribution < 1.29 is 0 Å². The number of hydrogen-bond acceptors (Lipinski definition) is 2. The highest BCUT2D eigenvalue weighted by molar-refractivity contribution is 7.93. The zero-order chi connectivity index (χ0) is 2.71. The Morgan fingerprint density at radius 3 is 1.00 bits per heavy atom. The first-order valence-corrected chi connectivity index (χ1v) is 1.22.